The number of amides is 2. The molecule has 1 fully saturated rings. The molecule has 1 saturated carbocycles. The van der Waals surface area contributed by atoms with Crippen molar-refractivity contribution in [1.29, 1.82) is 0 Å². The van der Waals surface area contributed by atoms with E-state index in [4.69, 9.17) is 21.1 Å². The normalized spacial score (nSPS) is 15.1. The quantitative estimate of drug-likeness (QED) is 0.768. The minimum atomic E-state index is -0.281. The molecule has 0 atom stereocenters. The molecule has 0 bridgehead atoms. The maximum atomic E-state index is 12.1. The number of methoxy groups -OCH3 is 2. The van der Waals surface area contributed by atoms with Crippen LogP contribution < -0.4 is 20.1 Å². The molecule has 7 heteroatoms. The van der Waals surface area contributed by atoms with Gasteiger partial charge >= 0.3 is 6.03 Å². The van der Waals surface area contributed by atoms with Crippen molar-refractivity contribution in [1.82, 2.24) is 10.2 Å². The fourth-order valence-electron chi connectivity index (χ4n) is 3.17. The number of likely N-dealkylation sites (N-methyl/N-ethyl adjacent to an activating group) is 1. The number of ether oxygens (including phenoxy) is 2. The van der Waals surface area contributed by atoms with E-state index in [1.54, 1.807) is 12.1 Å². The number of carbonyl (C=O) groups is 1. The van der Waals surface area contributed by atoms with Crippen molar-refractivity contribution < 1.29 is 14.3 Å². The second kappa shape index (κ2) is 9.73. The summed E-state index contributed by atoms with van der Waals surface area (Å²) in [5, 5.41) is 6.06. The van der Waals surface area contributed by atoms with Gasteiger partial charge in [0, 0.05) is 25.2 Å². The smallest absolute Gasteiger partial charge is 0.319 e. The molecule has 1 aromatic carbocycles. The standard InChI is InChI=1S/C18H28ClN3O3/c1-22(13-7-5-4-6-8-13)10-9-20-18(23)21-15-11-14(19)16(24-2)12-17(15)25-3/h11-13H,4-10H2,1-3H3,(H2,20,21,23). The first-order chi connectivity index (χ1) is 12.0. The van der Waals surface area contributed by atoms with Crippen LogP contribution in [0.4, 0.5) is 10.5 Å². The van der Waals surface area contributed by atoms with Crippen LogP contribution in [-0.2, 0) is 0 Å². The molecule has 0 aliphatic heterocycles. The van der Waals surface area contributed by atoms with Crippen LogP contribution in [0.1, 0.15) is 32.1 Å². The van der Waals surface area contributed by atoms with Gasteiger partial charge in [-0.05, 0) is 26.0 Å². The van der Waals surface area contributed by atoms with Crippen molar-refractivity contribution in [3.8, 4) is 11.5 Å². The van der Waals surface area contributed by atoms with Crippen molar-refractivity contribution in [2.75, 3.05) is 39.7 Å². The molecule has 0 heterocycles. The lowest BCUT2D eigenvalue weighted by molar-refractivity contribution is 0.192. The van der Waals surface area contributed by atoms with E-state index in [-0.39, 0.29) is 6.03 Å². The van der Waals surface area contributed by atoms with E-state index in [2.05, 4.69) is 22.6 Å². The lowest BCUT2D eigenvalue weighted by Crippen LogP contribution is -2.40. The number of hydrogen-bond donors (Lipinski definition) is 2. The fourth-order valence-corrected chi connectivity index (χ4v) is 3.42. The number of rotatable bonds is 7. The lowest BCUT2D eigenvalue weighted by atomic mass is 9.94. The Morgan fingerprint density at radius 3 is 2.52 bits per heavy atom. The summed E-state index contributed by atoms with van der Waals surface area (Å²) in [5.74, 6) is 0.995. The van der Waals surface area contributed by atoms with Gasteiger partial charge in [-0.2, -0.15) is 0 Å². The number of benzene rings is 1. The number of halogens is 1. The Morgan fingerprint density at radius 2 is 1.88 bits per heavy atom. The van der Waals surface area contributed by atoms with Crippen LogP contribution in [0.15, 0.2) is 12.1 Å². The predicted octanol–water partition coefficient (Wildman–Crippen LogP) is 3.74. The van der Waals surface area contributed by atoms with Crippen molar-refractivity contribution >= 4 is 23.3 Å². The SMILES string of the molecule is COc1cc(OC)c(NC(=O)NCCN(C)C2CCCCC2)cc1Cl. The second-order valence-corrected chi connectivity index (χ2v) is 6.75. The summed E-state index contributed by atoms with van der Waals surface area (Å²) >= 11 is 6.11. The zero-order chi connectivity index (χ0) is 18.2. The Morgan fingerprint density at radius 1 is 1.20 bits per heavy atom. The molecule has 1 aromatic rings. The number of anilines is 1. The summed E-state index contributed by atoms with van der Waals surface area (Å²) in [4.78, 5) is 14.5. The molecule has 0 radical (unpaired) electrons. The molecular weight excluding hydrogens is 342 g/mol. The Balaban J connectivity index is 1.82. The van der Waals surface area contributed by atoms with Gasteiger partial charge in [0.25, 0.3) is 0 Å². The third-order valence-corrected chi connectivity index (χ3v) is 4.97. The van der Waals surface area contributed by atoms with Gasteiger partial charge in [-0.15, -0.1) is 0 Å². The van der Waals surface area contributed by atoms with Crippen LogP contribution in [0.5, 0.6) is 11.5 Å². The topological polar surface area (TPSA) is 62.8 Å². The third-order valence-electron chi connectivity index (χ3n) is 4.67. The summed E-state index contributed by atoms with van der Waals surface area (Å²) in [6.07, 6.45) is 6.47. The molecule has 0 unspecified atom stereocenters. The van der Waals surface area contributed by atoms with Crippen LogP contribution in [0.3, 0.4) is 0 Å². The van der Waals surface area contributed by atoms with Gasteiger partial charge in [-0.1, -0.05) is 30.9 Å². The van der Waals surface area contributed by atoms with E-state index in [1.807, 2.05) is 0 Å². The highest BCUT2D eigenvalue weighted by Crippen LogP contribution is 2.35. The van der Waals surface area contributed by atoms with Gasteiger partial charge in [-0.3, -0.25) is 0 Å². The molecular formula is C18H28ClN3O3. The van der Waals surface area contributed by atoms with Gasteiger partial charge in [0.1, 0.15) is 11.5 Å². The average molecular weight is 370 g/mol. The molecule has 2 rings (SSSR count). The number of nitrogens with one attached hydrogen (secondary N) is 2. The van der Waals surface area contributed by atoms with E-state index in [0.29, 0.717) is 34.8 Å². The molecule has 1 aliphatic rings. The molecule has 1 aliphatic carbocycles. The molecule has 0 spiro atoms. The minimum absolute atomic E-state index is 0.281. The van der Waals surface area contributed by atoms with Crippen molar-refractivity contribution in [2.45, 2.75) is 38.1 Å². The highest BCUT2D eigenvalue weighted by Gasteiger charge is 2.18. The minimum Gasteiger partial charge on any atom is -0.495 e. The molecule has 6 nitrogen and oxygen atoms in total. The average Bonchev–Trinajstić information content (AvgIpc) is 2.62. The van der Waals surface area contributed by atoms with Crippen molar-refractivity contribution in [3.63, 3.8) is 0 Å². The van der Waals surface area contributed by atoms with Gasteiger partial charge < -0.3 is 25.0 Å². The van der Waals surface area contributed by atoms with E-state index in [9.17, 15) is 4.79 Å². The van der Waals surface area contributed by atoms with E-state index < -0.39 is 0 Å². The van der Waals surface area contributed by atoms with Gasteiger partial charge in [-0.25, -0.2) is 4.79 Å². The summed E-state index contributed by atoms with van der Waals surface area (Å²) in [5.41, 5.74) is 0.506. The first-order valence-electron chi connectivity index (χ1n) is 8.71. The van der Waals surface area contributed by atoms with Crippen LogP contribution in [0, 0.1) is 0 Å². The monoisotopic (exact) mass is 369 g/mol. The number of carbonyl (C=O) groups excluding carboxylic acids is 1. The van der Waals surface area contributed by atoms with Crippen LogP contribution >= 0.6 is 11.6 Å². The third kappa shape index (κ3) is 5.68. The second-order valence-electron chi connectivity index (χ2n) is 6.34. The van der Waals surface area contributed by atoms with Crippen molar-refractivity contribution in [3.05, 3.63) is 17.2 Å². The summed E-state index contributed by atoms with van der Waals surface area (Å²) < 4.78 is 10.4. The lowest BCUT2D eigenvalue weighted by Gasteiger charge is -2.31. The Labute approximate surface area is 154 Å². The van der Waals surface area contributed by atoms with Gasteiger partial charge in [0.15, 0.2) is 0 Å². The zero-order valence-electron chi connectivity index (χ0n) is 15.2. The molecule has 2 amide bonds. The highest BCUT2D eigenvalue weighted by molar-refractivity contribution is 6.32. The van der Waals surface area contributed by atoms with Crippen LogP contribution in [-0.4, -0.2) is 51.3 Å². The van der Waals surface area contributed by atoms with E-state index >= 15 is 0 Å². The molecule has 25 heavy (non-hydrogen) atoms. The summed E-state index contributed by atoms with van der Waals surface area (Å²) in [6, 6.07) is 3.62. The zero-order valence-corrected chi connectivity index (χ0v) is 16.0. The number of nitrogens with zero attached hydrogens (tertiary/aromatic N) is 1. The Hall–Kier alpha value is -1.66. The molecule has 0 aromatic heterocycles. The van der Waals surface area contributed by atoms with Gasteiger partial charge in [0.05, 0.1) is 24.9 Å². The predicted molar refractivity (Wildman–Crippen MR) is 101 cm³/mol. The van der Waals surface area contributed by atoms with Crippen LogP contribution in [0.25, 0.3) is 0 Å². The number of hydrogen-bond acceptors (Lipinski definition) is 4. The first kappa shape index (κ1) is 19.7. The fraction of sp³-hybridized carbons (Fsp3) is 0.611. The van der Waals surface area contributed by atoms with Crippen molar-refractivity contribution in [2.24, 2.45) is 0 Å². The summed E-state index contributed by atoms with van der Waals surface area (Å²) in [7, 11) is 5.19. The first-order valence-corrected chi connectivity index (χ1v) is 9.09. The van der Waals surface area contributed by atoms with Crippen LogP contribution in [0.2, 0.25) is 5.02 Å². The Kier molecular flexibility index (Phi) is 7.65. The Bertz CT molecular complexity index is 577. The number of urea groups is 1. The maximum absolute atomic E-state index is 12.1. The highest BCUT2D eigenvalue weighted by atomic mass is 35.5. The van der Waals surface area contributed by atoms with Gasteiger partial charge in [0.2, 0.25) is 0 Å². The van der Waals surface area contributed by atoms with E-state index in [1.165, 1.54) is 46.3 Å². The maximum Gasteiger partial charge on any atom is 0.319 e. The summed E-state index contributed by atoms with van der Waals surface area (Å²) in [6.45, 7) is 1.42. The molecule has 2 N–H and O–H groups in total. The molecule has 140 valence electrons. The molecule has 0 saturated heterocycles. The largest absolute Gasteiger partial charge is 0.495 e. The van der Waals surface area contributed by atoms with E-state index in [0.717, 1.165) is 6.54 Å².